The number of esters is 1. The zero-order valence-electron chi connectivity index (χ0n) is 8.90. The third kappa shape index (κ3) is 5.12. The van der Waals surface area contributed by atoms with E-state index >= 15 is 0 Å². The number of carbonyl (C=O) groups is 1. The van der Waals surface area contributed by atoms with E-state index < -0.39 is 0 Å². The second kappa shape index (κ2) is 6.95. The van der Waals surface area contributed by atoms with Gasteiger partial charge in [0, 0.05) is 19.2 Å². The molecule has 0 radical (unpaired) electrons. The normalized spacial score (nSPS) is 9.93. The average molecular weight is 208 g/mol. The second-order valence-electron chi connectivity index (χ2n) is 3.18. The van der Waals surface area contributed by atoms with Crippen LogP contribution in [0.4, 0.5) is 0 Å². The zero-order valence-corrected chi connectivity index (χ0v) is 8.90. The molecule has 15 heavy (non-hydrogen) atoms. The van der Waals surface area contributed by atoms with Gasteiger partial charge >= 0.3 is 5.97 Å². The third-order valence-electron chi connectivity index (χ3n) is 1.99. The first kappa shape index (κ1) is 11.7. The summed E-state index contributed by atoms with van der Waals surface area (Å²) >= 11 is 0. The molecule has 1 N–H and O–H groups in total. The molecule has 0 spiro atoms. The molecule has 0 saturated carbocycles. The molecule has 1 aromatic rings. The van der Waals surface area contributed by atoms with Crippen LogP contribution in [0, 0.1) is 0 Å². The Morgan fingerprint density at radius 1 is 1.53 bits per heavy atom. The van der Waals surface area contributed by atoms with Gasteiger partial charge in [-0.2, -0.15) is 0 Å². The van der Waals surface area contributed by atoms with Crippen molar-refractivity contribution in [2.75, 3.05) is 13.7 Å². The summed E-state index contributed by atoms with van der Waals surface area (Å²) in [5.41, 5.74) is 1.01. The predicted molar refractivity (Wildman–Crippen MR) is 57.2 cm³/mol. The molecule has 0 unspecified atom stereocenters. The van der Waals surface area contributed by atoms with E-state index in [4.69, 9.17) is 0 Å². The first-order valence-corrected chi connectivity index (χ1v) is 5.00. The summed E-state index contributed by atoms with van der Waals surface area (Å²) in [7, 11) is 1.41. The van der Waals surface area contributed by atoms with Crippen LogP contribution in [0.3, 0.4) is 0 Å². The molecule has 4 nitrogen and oxygen atoms in total. The third-order valence-corrected chi connectivity index (χ3v) is 1.99. The van der Waals surface area contributed by atoms with Crippen molar-refractivity contribution in [1.29, 1.82) is 0 Å². The smallest absolute Gasteiger partial charge is 0.305 e. The molecule has 4 heteroatoms. The lowest BCUT2D eigenvalue weighted by molar-refractivity contribution is -0.140. The highest BCUT2D eigenvalue weighted by molar-refractivity contribution is 5.69. The summed E-state index contributed by atoms with van der Waals surface area (Å²) < 4.78 is 4.54. The quantitative estimate of drug-likeness (QED) is 0.562. The molecule has 0 atom stereocenters. The van der Waals surface area contributed by atoms with Crippen molar-refractivity contribution in [3.8, 4) is 0 Å². The molecule has 0 aliphatic heterocycles. The van der Waals surface area contributed by atoms with E-state index in [1.54, 1.807) is 6.20 Å². The molecule has 0 bridgehead atoms. The summed E-state index contributed by atoms with van der Waals surface area (Å²) in [6.07, 6.45) is 3.02. The lowest BCUT2D eigenvalue weighted by Crippen LogP contribution is -2.16. The molecule has 0 aliphatic carbocycles. The Morgan fingerprint density at radius 3 is 3.07 bits per heavy atom. The zero-order chi connectivity index (χ0) is 10.9. The predicted octanol–water partition coefficient (Wildman–Crippen LogP) is 1.12. The standard InChI is InChI=1S/C11H16N2O2/c1-15-11(14)6-4-7-12-9-10-5-2-3-8-13-10/h2-3,5,8,12H,4,6-7,9H2,1H3. The molecule has 0 aliphatic rings. The summed E-state index contributed by atoms with van der Waals surface area (Å²) in [4.78, 5) is 15.0. The molecule has 0 saturated heterocycles. The van der Waals surface area contributed by atoms with Crippen molar-refractivity contribution in [1.82, 2.24) is 10.3 Å². The number of pyridine rings is 1. The van der Waals surface area contributed by atoms with E-state index in [0.29, 0.717) is 6.42 Å². The van der Waals surface area contributed by atoms with Crippen molar-refractivity contribution < 1.29 is 9.53 Å². The van der Waals surface area contributed by atoms with E-state index in [9.17, 15) is 4.79 Å². The van der Waals surface area contributed by atoms with E-state index in [0.717, 1.165) is 25.2 Å². The molecule has 1 rings (SSSR count). The van der Waals surface area contributed by atoms with Crippen molar-refractivity contribution in [2.45, 2.75) is 19.4 Å². The highest BCUT2D eigenvalue weighted by Crippen LogP contribution is 1.93. The fraction of sp³-hybridized carbons (Fsp3) is 0.455. The highest BCUT2D eigenvalue weighted by Gasteiger charge is 1.98. The minimum absolute atomic E-state index is 0.158. The number of hydrogen-bond donors (Lipinski definition) is 1. The molecule has 0 fully saturated rings. The van der Waals surface area contributed by atoms with Gasteiger partial charge in [-0.3, -0.25) is 9.78 Å². The molecule has 0 amide bonds. The lowest BCUT2D eigenvalue weighted by Gasteiger charge is -2.03. The van der Waals surface area contributed by atoms with E-state index in [1.165, 1.54) is 7.11 Å². The Hall–Kier alpha value is -1.42. The maximum Gasteiger partial charge on any atom is 0.305 e. The average Bonchev–Trinajstić information content (AvgIpc) is 2.29. The van der Waals surface area contributed by atoms with Crippen LogP contribution in [-0.4, -0.2) is 24.6 Å². The summed E-state index contributed by atoms with van der Waals surface area (Å²) in [6.45, 7) is 1.54. The molecule has 0 aromatic carbocycles. The number of nitrogens with zero attached hydrogens (tertiary/aromatic N) is 1. The largest absolute Gasteiger partial charge is 0.469 e. The summed E-state index contributed by atoms with van der Waals surface area (Å²) in [6, 6.07) is 5.81. The highest BCUT2D eigenvalue weighted by atomic mass is 16.5. The maximum absolute atomic E-state index is 10.8. The molecule has 1 heterocycles. The Balaban J connectivity index is 2.05. The van der Waals surface area contributed by atoms with Gasteiger partial charge in [0.05, 0.1) is 12.8 Å². The van der Waals surface area contributed by atoms with Gasteiger partial charge in [-0.15, -0.1) is 0 Å². The van der Waals surface area contributed by atoms with Crippen molar-refractivity contribution in [2.24, 2.45) is 0 Å². The van der Waals surface area contributed by atoms with Gasteiger partial charge in [0.2, 0.25) is 0 Å². The molecule has 1 aromatic heterocycles. The van der Waals surface area contributed by atoms with Crippen LogP contribution in [0.1, 0.15) is 18.5 Å². The lowest BCUT2D eigenvalue weighted by atomic mass is 10.3. The number of aromatic nitrogens is 1. The number of methoxy groups -OCH3 is 1. The molecule has 82 valence electrons. The van der Waals surface area contributed by atoms with Crippen LogP contribution < -0.4 is 5.32 Å². The van der Waals surface area contributed by atoms with E-state index in [-0.39, 0.29) is 5.97 Å². The topological polar surface area (TPSA) is 51.2 Å². The number of hydrogen-bond acceptors (Lipinski definition) is 4. The van der Waals surface area contributed by atoms with Gasteiger partial charge in [-0.1, -0.05) is 6.07 Å². The van der Waals surface area contributed by atoms with Crippen LogP contribution >= 0.6 is 0 Å². The number of nitrogens with one attached hydrogen (secondary N) is 1. The van der Waals surface area contributed by atoms with Crippen LogP contribution in [0.25, 0.3) is 0 Å². The van der Waals surface area contributed by atoms with Crippen LogP contribution in [0.2, 0.25) is 0 Å². The van der Waals surface area contributed by atoms with Gasteiger partial charge in [-0.05, 0) is 25.1 Å². The van der Waals surface area contributed by atoms with Gasteiger partial charge < -0.3 is 10.1 Å². The summed E-state index contributed by atoms with van der Waals surface area (Å²) in [5, 5.41) is 3.21. The second-order valence-corrected chi connectivity index (χ2v) is 3.18. The maximum atomic E-state index is 10.8. The van der Waals surface area contributed by atoms with Crippen LogP contribution in [0.15, 0.2) is 24.4 Å². The van der Waals surface area contributed by atoms with Gasteiger partial charge in [0.25, 0.3) is 0 Å². The first-order valence-electron chi connectivity index (χ1n) is 5.00. The fourth-order valence-electron chi connectivity index (χ4n) is 1.18. The van der Waals surface area contributed by atoms with Crippen molar-refractivity contribution in [3.05, 3.63) is 30.1 Å². The van der Waals surface area contributed by atoms with Gasteiger partial charge in [0.1, 0.15) is 0 Å². The number of ether oxygens (including phenoxy) is 1. The molecular weight excluding hydrogens is 192 g/mol. The van der Waals surface area contributed by atoms with Gasteiger partial charge in [0.15, 0.2) is 0 Å². The molecular formula is C11H16N2O2. The first-order chi connectivity index (χ1) is 7.33. The van der Waals surface area contributed by atoms with Gasteiger partial charge in [-0.25, -0.2) is 0 Å². The number of rotatable bonds is 6. The minimum Gasteiger partial charge on any atom is -0.469 e. The van der Waals surface area contributed by atoms with Crippen molar-refractivity contribution >= 4 is 5.97 Å². The van der Waals surface area contributed by atoms with Crippen LogP contribution in [0.5, 0.6) is 0 Å². The Labute approximate surface area is 89.7 Å². The SMILES string of the molecule is COC(=O)CCCNCc1ccccn1. The van der Waals surface area contributed by atoms with E-state index in [1.807, 2.05) is 18.2 Å². The van der Waals surface area contributed by atoms with Crippen LogP contribution in [-0.2, 0) is 16.1 Å². The fourth-order valence-corrected chi connectivity index (χ4v) is 1.18. The monoisotopic (exact) mass is 208 g/mol. The Kier molecular flexibility index (Phi) is 5.40. The Bertz CT molecular complexity index is 288. The van der Waals surface area contributed by atoms with Crippen molar-refractivity contribution in [3.63, 3.8) is 0 Å². The van der Waals surface area contributed by atoms with E-state index in [2.05, 4.69) is 15.0 Å². The Morgan fingerprint density at radius 2 is 2.40 bits per heavy atom. The minimum atomic E-state index is -0.158. The number of carbonyl (C=O) groups excluding carboxylic acids is 1. The summed E-state index contributed by atoms with van der Waals surface area (Å²) in [5.74, 6) is -0.158.